The van der Waals surface area contributed by atoms with Gasteiger partial charge in [0.2, 0.25) is 0 Å². The Hall–Kier alpha value is -0.870. The van der Waals surface area contributed by atoms with Crippen LogP contribution in [0.25, 0.3) is 0 Å². The number of fused-ring (bicyclic) bond motifs is 8. The molecule has 0 saturated carbocycles. The highest BCUT2D eigenvalue weighted by Gasteiger charge is 2.58. The number of thioether (sulfide) groups is 1. The molecule has 0 amide bonds. The molecule has 1 saturated heterocycles. The van der Waals surface area contributed by atoms with Gasteiger partial charge in [-0.25, -0.2) is 0 Å². The SMILES string of the molecule is CS(=O)(=O)O[C@H]1C=C[C@@H](OS(C)(=O)=O)C2C1[C@H]1S[C@@H]2c2ccccc21. The van der Waals surface area contributed by atoms with Crippen molar-refractivity contribution in [1.82, 2.24) is 0 Å². The van der Waals surface area contributed by atoms with E-state index in [2.05, 4.69) is 0 Å². The summed E-state index contributed by atoms with van der Waals surface area (Å²) in [5, 5.41) is 0.127. The molecule has 0 N–H and O–H groups in total. The van der Waals surface area contributed by atoms with Crippen LogP contribution in [0, 0.1) is 11.8 Å². The van der Waals surface area contributed by atoms with Gasteiger partial charge in [0.05, 0.1) is 24.7 Å². The number of hydrogen-bond acceptors (Lipinski definition) is 7. The average molecular weight is 403 g/mol. The molecule has 0 spiro atoms. The van der Waals surface area contributed by atoms with Crippen molar-refractivity contribution in [2.75, 3.05) is 12.5 Å². The van der Waals surface area contributed by atoms with Gasteiger partial charge in [-0.05, 0) is 11.1 Å². The predicted molar refractivity (Wildman–Crippen MR) is 95.1 cm³/mol. The molecule has 1 aromatic rings. The van der Waals surface area contributed by atoms with E-state index in [0.717, 1.165) is 12.5 Å². The Morgan fingerprint density at radius 3 is 1.56 bits per heavy atom. The van der Waals surface area contributed by atoms with Gasteiger partial charge in [-0.1, -0.05) is 36.4 Å². The van der Waals surface area contributed by atoms with Crippen LogP contribution in [0.3, 0.4) is 0 Å². The van der Waals surface area contributed by atoms with Gasteiger partial charge in [0.15, 0.2) is 0 Å². The third kappa shape index (κ3) is 3.16. The third-order valence-electron chi connectivity index (χ3n) is 4.87. The maximum atomic E-state index is 11.7. The quantitative estimate of drug-likeness (QED) is 0.562. The molecule has 25 heavy (non-hydrogen) atoms. The van der Waals surface area contributed by atoms with Crippen molar-refractivity contribution in [3.63, 3.8) is 0 Å². The Morgan fingerprint density at radius 1 is 0.800 bits per heavy atom. The van der Waals surface area contributed by atoms with Crippen LogP contribution in [-0.2, 0) is 28.6 Å². The topological polar surface area (TPSA) is 86.7 Å². The van der Waals surface area contributed by atoms with Gasteiger partial charge < -0.3 is 0 Å². The normalized spacial score (nSPS) is 36.2. The van der Waals surface area contributed by atoms with Gasteiger partial charge in [0, 0.05) is 22.3 Å². The summed E-state index contributed by atoms with van der Waals surface area (Å²) in [6, 6.07) is 8.02. The van der Waals surface area contributed by atoms with E-state index in [1.807, 2.05) is 24.3 Å². The van der Waals surface area contributed by atoms with Crippen LogP contribution in [-0.4, -0.2) is 41.6 Å². The van der Waals surface area contributed by atoms with E-state index in [-0.39, 0.29) is 22.3 Å². The first kappa shape index (κ1) is 17.5. The Labute approximate surface area is 151 Å². The molecule has 1 aliphatic carbocycles. The van der Waals surface area contributed by atoms with Gasteiger partial charge in [-0.15, -0.1) is 11.8 Å². The Morgan fingerprint density at radius 2 is 1.20 bits per heavy atom. The van der Waals surface area contributed by atoms with Crippen LogP contribution in [0.2, 0.25) is 0 Å². The fourth-order valence-electron chi connectivity index (χ4n) is 4.19. The summed E-state index contributed by atoms with van der Waals surface area (Å²) < 4.78 is 57.3. The summed E-state index contributed by atoms with van der Waals surface area (Å²) in [6.07, 6.45) is 4.08. The van der Waals surface area contributed by atoms with Crippen LogP contribution in [0.5, 0.6) is 0 Å². The van der Waals surface area contributed by atoms with Gasteiger partial charge in [0.25, 0.3) is 20.2 Å². The predicted octanol–water partition coefficient (Wildman–Crippen LogP) is 2.02. The molecule has 136 valence electrons. The fourth-order valence-corrected chi connectivity index (χ4v) is 7.45. The van der Waals surface area contributed by atoms with E-state index in [1.54, 1.807) is 23.9 Å². The zero-order valence-electron chi connectivity index (χ0n) is 13.6. The highest BCUT2D eigenvalue weighted by Crippen LogP contribution is 2.69. The molecule has 1 fully saturated rings. The first-order valence-corrected chi connectivity index (χ1v) is 12.4. The van der Waals surface area contributed by atoms with E-state index in [9.17, 15) is 16.8 Å². The molecular weight excluding hydrogens is 384 g/mol. The van der Waals surface area contributed by atoms with Gasteiger partial charge >= 0.3 is 0 Å². The lowest BCUT2D eigenvalue weighted by Gasteiger charge is -2.40. The minimum atomic E-state index is -3.63. The molecule has 4 rings (SSSR count). The summed E-state index contributed by atoms with van der Waals surface area (Å²) in [7, 11) is -7.26. The van der Waals surface area contributed by atoms with Crippen molar-refractivity contribution in [2.24, 2.45) is 11.8 Å². The monoisotopic (exact) mass is 402 g/mol. The summed E-state index contributed by atoms with van der Waals surface area (Å²) in [5.74, 6) is -0.312. The summed E-state index contributed by atoms with van der Waals surface area (Å²) in [4.78, 5) is 0. The zero-order chi connectivity index (χ0) is 18.0. The molecule has 0 aromatic heterocycles. The van der Waals surface area contributed by atoms with Crippen molar-refractivity contribution in [2.45, 2.75) is 22.7 Å². The molecule has 2 unspecified atom stereocenters. The Kier molecular flexibility index (Phi) is 4.08. The molecule has 0 radical (unpaired) electrons. The fraction of sp³-hybridized carbons (Fsp3) is 0.500. The van der Waals surface area contributed by atoms with Crippen molar-refractivity contribution < 1.29 is 25.2 Å². The van der Waals surface area contributed by atoms with Gasteiger partial charge in [-0.3, -0.25) is 8.37 Å². The molecule has 2 bridgehead atoms. The number of benzene rings is 1. The van der Waals surface area contributed by atoms with Crippen LogP contribution in [0.1, 0.15) is 21.6 Å². The lowest BCUT2D eigenvalue weighted by molar-refractivity contribution is 0.0634. The van der Waals surface area contributed by atoms with E-state index >= 15 is 0 Å². The van der Waals surface area contributed by atoms with Crippen LogP contribution in [0.4, 0.5) is 0 Å². The smallest absolute Gasteiger partial charge is 0.262 e. The molecule has 1 aromatic carbocycles. The van der Waals surface area contributed by atoms with Crippen molar-refractivity contribution in [3.05, 3.63) is 47.5 Å². The molecule has 9 heteroatoms. The summed E-state index contributed by atoms with van der Waals surface area (Å²) in [5.41, 5.74) is 2.35. The third-order valence-corrected chi connectivity index (χ3v) is 7.73. The van der Waals surface area contributed by atoms with Crippen molar-refractivity contribution in [1.29, 1.82) is 0 Å². The molecule has 2 aliphatic heterocycles. The molecule has 3 aliphatic rings. The van der Waals surface area contributed by atoms with Crippen LogP contribution in [0.15, 0.2) is 36.4 Å². The maximum absolute atomic E-state index is 11.7. The molecule has 2 heterocycles. The van der Waals surface area contributed by atoms with E-state index in [4.69, 9.17) is 8.37 Å². The van der Waals surface area contributed by atoms with Crippen LogP contribution >= 0.6 is 11.8 Å². The maximum Gasteiger partial charge on any atom is 0.264 e. The summed E-state index contributed by atoms with van der Waals surface area (Å²) in [6.45, 7) is 0. The second kappa shape index (κ2) is 5.82. The largest absolute Gasteiger partial charge is 0.264 e. The number of hydrogen-bond donors (Lipinski definition) is 0. The lowest BCUT2D eigenvalue weighted by atomic mass is 9.68. The Balaban J connectivity index is 1.77. The van der Waals surface area contributed by atoms with Gasteiger partial charge in [-0.2, -0.15) is 16.8 Å². The average Bonchev–Trinajstić information content (AvgIpc) is 3.05. The van der Waals surface area contributed by atoms with Crippen LogP contribution < -0.4 is 0 Å². The van der Waals surface area contributed by atoms with Crippen molar-refractivity contribution >= 4 is 32.0 Å². The Bertz CT molecular complexity index is 861. The minimum absolute atomic E-state index is 0.0635. The molecular formula is C16H18O6S3. The zero-order valence-corrected chi connectivity index (χ0v) is 16.1. The standard InChI is InChI=1S/C16H18O6S3/c1-24(17,18)21-11-7-8-12(22-25(2,19)20)14-13(11)15-9-5-3-4-6-10(9)16(14)23-15/h3-8,11-16H,1-2H3/t11-,12+,13?,14?,15-,16+. The molecule has 6 nitrogen and oxygen atoms in total. The van der Waals surface area contributed by atoms with E-state index < -0.39 is 32.4 Å². The minimum Gasteiger partial charge on any atom is -0.262 e. The van der Waals surface area contributed by atoms with Gasteiger partial charge in [0.1, 0.15) is 0 Å². The summed E-state index contributed by atoms with van der Waals surface area (Å²) >= 11 is 1.74. The van der Waals surface area contributed by atoms with Crippen molar-refractivity contribution in [3.8, 4) is 0 Å². The highest BCUT2D eigenvalue weighted by molar-refractivity contribution is 8.00. The highest BCUT2D eigenvalue weighted by atomic mass is 32.2. The van der Waals surface area contributed by atoms with E-state index in [0.29, 0.717) is 0 Å². The van der Waals surface area contributed by atoms with E-state index in [1.165, 1.54) is 11.1 Å². The second-order valence-electron chi connectivity index (χ2n) is 6.68. The lowest BCUT2D eigenvalue weighted by Crippen LogP contribution is -2.43. The number of rotatable bonds is 4. The molecule has 6 atom stereocenters. The second-order valence-corrected chi connectivity index (χ2v) is 11.2. The first-order chi connectivity index (χ1) is 11.6. The first-order valence-electron chi connectivity index (χ1n) is 7.83.